The number of anilines is 2. The third-order valence-electron chi connectivity index (χ3n) is 6.09. The van der Waals surface area contributed by atoms with Gasteiger partial charge in [0.1, 0.15) is 12.4 Å². The van der Waals surface area contributed by atoms with Gasteiger partial charge in [-0.1, -0.05) is 23.8 Å². The number of carbonyl (C=O) groups is 3. The molecule has 0 aliphatic carbocycles. The minimum absolute atomic E-state index is 0.118. The molecular weight excluding hydrogens is 566 g/mol. The van der Waals surface area contributed by atoms with Crippen molar-refractivity contribution >= 4 is 47.0 Å². The monoisotopic (exact) mass is 589 g/mol. The Balaban J connectivity index is 1.40. The summed E-state index contributed by atoms with van der Waals surface area (Å²) >= 11 is 6.18. The van der Waals surface area contributed by atoms with Crippen molar-refractivity contribution in [3.05, 3.63) is 77.4 Å². The van der Waals surface area contributed by atoms with E-state index in [0.29, 0.717) is 46.1 Å². The molecule has 3 N–H and O–H groups in total. The summed E-state index contributed by atoms with van der Waals surface area (Å²) in [6.07, 6.45) is 8.41. The maximum absolute atomic E-state index is 13.0. The number of halogens is 1. The molecule has 5 rings (SSSR count). The second-order valence-corrected chi connectivity index (χ2v) is 9.40. The van der Waals surface area contributed by atoms with Gasteiger partial charge >= 0.3 is 6.09 Å². The van der Waals surface area contributed by atoms with Crippen LogP contribution in [-0.4, -0.2) is 55.4 Å². The highest BCUT2D eigenvalue weighted by Gasteiger charge is 2.22. The van der Waals surface area contributed by atoms with Crippen LogP contribution in [-0.2, 0) is 14.3 Å². The molecule has 0 radical (unpaired) electrons. The Morgan fingerprint density at radius 1 is 1.19 bits per heavy atom. The molecule has 3 heterocycles. The van der Waals surface area contributed by atoms with Crippen molar-refractivity contribution in [1.29, 1.82) is 0 Å². The van der Waals surface area contributed by atoms with Crippen LogP contribution in [0.4, 0.5) is 16.2 Å². The number of rotatable bonds is 5. The highest BCUT2D eigenvalue weighted by Crippen LogP contribution is 2.32. The first kappa shape index (κ1) is 28.2. The van der Waals surface area contributed by atoms with Gasteiger partial charge in [-0.05, 0) is 65.7 Å². The molecule has 14 nitrogen and oxygen atoms in total. The molecule has 4 aromatic rings. The Morgan fingerprint density at radius 2 is 2.07 bits per heavy atom. The fourth-order valence-corrected chi connectivity index (χ4v) is 4.27. The van der Waals surface area contributed by atoms with Crippen LogP contribution in [0, 0.1) is 0 Å². The van der Waals surface area contributed by atoms with E-state index in [0.717, 1.165) is 0 Å². The summed E-state index contributed by atoms with van der Waals surface area (Å²) in [5.41, 5.74) is 2.44. The van der Waals surface area contributed by atoms with E-state index in [9.17, 15) is 14.4 Å². The van der Waals surface area contributed by atoms with Crippen molar-refractivity contribution in [3.8, 4) is 17.1 Å². The fourth-order valence-electron chi connectivity index (χ4n) is 4.09. The summed E-state index contributed by atoms with van der Waals surface area (Å²) in [5.74, 6) is -0.377. The molecule has 0 fully saturated rings. The average Bonchev–Trinajstić information content (AvgIpc) is 3.68. The van der Waals surface area contributed by atoms with Crippen LogP contribution in [0.3, 0.4) is 0 Å². The minimum atomic E-state index is -0.661. The maximum atomic E-state index is 13.0. The lowest BCUT2D eigenvalue weighted by Crippen LogP contribution is -2.26. The molecule has 0 spiro atoms. The van der Waals surface area contributed by atoms with Crippen LogP contribution in [0.1, 0.15) is 36.8 Å². The van der Waals surface area contributed by atoms with Gasteiger partial charge in [0, 0.05) is 28.8 Å². The molecule has 2 aromatic carbocycles. The molecule has 42 heavy (non-hydrogen) atoms. The molecule has 15 heteroatoms. The largest absolute Gasteiger partial charge is 0.453 e. The smallest absolute Gasteiger partial charge is 0.411 e. The van der Waals surface area contributed by atoms with E-state index in [2.05, 4.69) is 46.4 Å². The molecule has 1 atom stereocenters. The van der Waals surface area contributed by atoms with Crippen molar-refractivity contribution in [1.82, 2.24) is 35.7 Å². The zero-order chi connectivity index (χ0) is 29.5. The molecule has 0 unspecified atom stereocenters. The van der Waals surface area contributed by atoms with Crippen LogP contribution < -0.4 is 16.0 Å². The summed E-state index contributed by atoms with van der Waals surface area (Å²) < 4.78 is 12.1. The van der Waals surface area contributed by atoms with Crippen LogP contribution >= 0.6 is 11.6 Å². The second-order valence-electron chi connectivity index (χ2n) is 8.97. The number of benzene rings is 2. The molecule has 2 bridgehead atoms. The van der Waals surface area contributed by atoms with E-state index in [1.807, 2.05) is 12.2 Å². The van der Waals surface area contributed by atoms with Gasteiger partial charge in [-0.2, -0.15) is 4.68 Å². The number of tetrazole rings is 1. The van der Waals surface area contributed by atoms with Crippen molar-refractivity contribution in [3.63, 3.8) is 0 Å². The molecule has 0 saturated carbocycles. The second kappa shape index (κ2) is 12.9. The summed E-state index contributed by atoms with van der Waals surface area (Å²) in [6, 6.07) is 9.25. The van der Waals surface area contributed by atoms with Crippen LogP contribution in [0.25, 0.3) is 23.2 Å². The van der Waals surface area contributed by atoms with Crippen LogP contribution in [0.15, 0.2) is 65.4 Å². The van der Waals surface area contributed by atoms with Gasteiger partial charge in [0.25, 0.3) is 0 Å². The number of carbonyl (C=O) groups excluding carboxylic acids is 3. The molecule has 0 saturated heterocycles. The first-order chi connectivity index (χ1) is 20.4. The molecule has 2 aromatic heterocycles. The molecule has 3 amide bonds. The Kier molecular flexibility index (Phi) is 8.63. The van der Waals surface area contributed by atoms with Crippen molar-refractivity contribution in [2.45, 2.75) is 25.3 Å². The summed E-state index contributed by atoms with van der Waals surface area (Å²) in [4.78, 5) is 37.3. The number of allylic oxidation sites excluding steroid dienone is 1. The zero-order valence-corrected chi connectivity index (χ0v) is 22.9. The van der Waals surface area contributed by atoms with Gasteiger partial charge < -0.3 is 19.8 Å². The van der Waals surface area contributed by atoms with E-state index in [1.165, 1.54) is 24.2 Å². The van der Waals surface area contributed by atoms with E-state index >= 15 is 0 Å². The van der Waals surface area contributed by atoms with Gasteiger partial charge in [0.2, 0.25) is 23.6 Å². The van der Waals surface area contributed by atoms with Gasteiger partial charge in [-0.25, -0.2) is 4.79 Å². The number of nitrogens with one attached hydrogen (secondary N) is 3. The SMILES string of the molecule is COC(=O)Nc1ccc2c(c1)NC(=O)CCC=CC[C@H](NC(=O)C=Cc1cc(Cl)ccc1-n1cnnn1)c1nnc-2o1. The summed E-state index contributed by atoms with van der Waals surface area (Å²) in [5, 5.41) is 28.3. The highest BCUT2D eigenvalue weighted by atomic mass is 35.5. The predicted octanol–water partition coefficient (Wildman–Crippen LogP) is 4.09. The quantitative estimate of drug-likeness (QED) is 0.227. The molecule has 1 aliphatic heterocycles. The standard InChI is InChI=1S/C27H24ClN9O5/c1-41-27(40)30-18-9-10-19-21(14-18)32-23(38)6-4-2-3-5-20(26-34-33-25(19)42-26)31-24(39)12-7-16-13-17(28)8-11-22(16)37-15-29-35-36-37/h2-3,7-15,20H,4-6H2,1H3,(H,30,40)(H,31,39)(H,32,38)/t20-/m0/s1. The lowest BCUT2D eigenvalue weighted by Gasteiger charge is -2.12. The number of amides is 3. The average molecular weight is 590 g/mol. The van der Waals surface area contributed by atoms with E-state index in [1.54, 1.807) is 42.5 Å². The lowest BCUT2D eigenvalue weighted by molar-refractivity contribution is -0.117. The Labute approximate surface area is 243 Å². The van der Waals surface area contributed by atoms with Gasteiger partial charge in [-0.3, -0.25) is 14.9 Å². The van der Waals surface area contributed by atoms with Gasteiger partial charge in [0.05, 0.1) is 24.0 Å². The number of ether oxygens (including phenoxy) is 1. The number of hydrogen-bond acceptors (Lipinski definition) is 10. The predicted molar refractivity (Wildman–Crippen MR) is 151 cm³/mol. The Morgan fingerprint density at radius 3 is 2.88 bits per heavy atom. The van der Waals surface area contributed by atoms with Crippen molar-refractivity contribution < 1.29 is 23.5 Å². The van der Waals surface area contributed by atoms with Crippen LogP contribution in [0.2, 0.25) is 5.02 Å². The maximum Gasteiger partial charge on any atom is 0.411 e. The molecule has 214 valence electrons. The zero-order valence-electron chi connectivity index (χ0n) is 22.2. The summed E-state index contributed by atoms with van der Waals surface area (Å²) in [7, 11) is 1.25. The number of fused-ring (bicyclic) bond motifs is 4. The summed E-state index contributed by atoms with van der Waals surface area (Å²) in [6.45, 7) is 0. The molecule has 1 aliphatic rings. The fraction of sp³-hybridized carbons (Fsp3) is 0.185. The number of hydrogen-bond donors (Lipinski definition) is 3. The lowest BCUT2D eigenvalue weighted by atomic mass is 10.1. The first-order valence-electron chi connectivity index (χ1n) is 12.7. The molecular formula is C27H24ClN9O5. The van der Waals surface area contributed by atoms with E-state index in [4.69, 9.17) is 16.0 Å². The van der Waals surface area contributed by atoms with E-state index < -0.39 is 18.0 Å². The highest BCUT2D eigenvalue weighted by molar-refractivity contribution is 6.30. The van der Waals surface area contributed by atoms with Gasteiger partial charge in [-0.15, -0.1) is 15.3 Å². The van der Waals surface area contributed by atoms with Crippen molar-refractivity contribution in [2.75, 3.05) is 17.7 Å². The number of aromatic nitrogens is 6. The number of methoxy groups -OCH3 is 1. The number of nitrogens with zero attached hydrogens (tertiary/aromatic N) is 6. The van der Waals surface area contributed by atoms with Gasteiger partial charge in [0.15, 0.2) is 0 Å². The first-order valence-corrected chi connectivity index (χ1v) is 13.1. The third-order valence-corrected chi connectivity index (χ3v) is 6.32. The van der Waals surface area contributed by atoms with Crippen molar-refractivity contribution in [2.24, 2.45) is 0 Å². The third kappa shape index (κ3) is 6.85. The normalized spacial score (nSPS) is 15.1. The van der Waals surface area contributed by atoms with Crippen LogP contribution in [0.5, 0.6) is 0 Å². The Bertz CT molecular complexity index is 1670. The Hall–Kier alpha value is -5.37. The topological polar surface area (TPSA) is 179 Å². The van der Waals surface area contributed by atoms with E-state index in [-0.39, 0.29) is 24.1 Å². The minimum Gasteiger partial charge on any atom is -0.453 e.